The molecule has 0 aliphatic carbocycles. The van der Waals surface area contributed by atoms with Crippen LogP contribution in [-0.2, 0) is 17.8 Å². The third-order valence-electron chi connectivity index (χ3n) is 4.25. The number of hydrogen-bond acceptors (Lipinski definition) is 7. The second-order valence-corrected chi connectivity index (χ2v) is 7.72. The van der Waals surface area contributed by atoms with E-state index in [0.717, 1.165) is 11.1 Å². The highest BCUT2D eigenvalue weighted by Crippen LogP contribution is 2.40. The zero-order valence-corrected chi connectivity index (χ0v) is 15.6. The molecule has 0 bridgehead atoms. The van der Waals surface area contributed by atoms with Crippen molar-refractivity contribution in [2.75, 3.05) is 13.9 Å². The van der Waals surface area contributed by atoms with E-state index in [0.29, 0.717) is 34.5 Å². The summed E-state index contributed by atoms with van der Waals surface area (Å²) in [6.07, 6.45) is 3.96. The van der Waals surface area contributed by atoms with Crippen molar-refractivity contribution in [2.45, 2.75) is 18.2 Å². The largest absolute Gasteiger partial charge is 0.496 e. The number of rotatable bonds is 5. The van der Waals surface area contributed by atoms with Crippen LogP contribution < -0.4 is 14.2 Å². The number of hydrogen-bond donors (Lipinski definition) is 0. The number of methoxy groups -OCH3 is 1. The van der Waals surface area contributed by atoms with Crippen LogP contribution in [0.15, 0.2) is 36.7 Å². The number of thiocarbonyl (C=S) groups is 1. The average molecular weight is 388 g/mol. The normalized spacial score (nSPS) is 18.5. The summed E-state index contributed by atoms with van der Waals surface area (Å²) in [6.45, 7) is 0.634. The van der Waals surface area contributed by atoms with Gasteiger partial charge in [0.15, 0.2) is 11.5 Å². The van der Waals surface area contributed by atoms with Gasteiger partial charge in [0, 0.05) is 18.5 Å². The fourth-order valence-electron chi connectivity index (χ4n) is 2.96. The lowest BCUT2D eigenvalue weighted by molar-refractivity contribution is -0.126. The van der Waals surface area contributed by atoms with Gasteiger partial charge in [-0.3, -0.25) is 14.7 Å². The summed E-state index contributed by atoms with van der Waals surface area (Å²) in [6, 6.07) is 7.46. The molecule has 26 heavy (non-hydrogen) atoms. The Hall–Kier alpha value is -2.32. The lowest BCUT2D eigenvalue weighted by Gasteiger charge is -2.16. The number of amides is 1. The highest BCUT2D eigenvalue weighted by molar-refractivity contribution is 8.24. The number of ether oxygens (including phenoxy) is 3. The first-order valence-electron chi connectivity index (χ1n) is 8.03. The Balaban J connectivity index is 1.53. The first kappa shape index (κ1) is 17.1. The summed E-state index contributed by atoms with van der Waals surface area (Å²) in [5.41, 5.74) is 1.85. The first-order chi connectivity index (χ1) is 12.7. The topological polar surface area (TPSA) is 60.9 Å². The van der Waals surface area contributed by atoms with E-state index in [9.17, 15) is 4.79 Å². The van der Waals surface area contributed by atoms with E-state index in [1.54, 1.807) is 30.5 Å². The fraction of sp³-hybridized carbons (Fsp3) is 0.278. The van der Waals surface area contributed by atoms with Crippen LogP contribution in [0.1, 0.15) is 11.1 Å². The van der Waals surface area contributed by atoms with Crippen LogP contribution in [0.2, 0.25) is 0 Å². The second-order valence-electron chi connectivity index (χ2n) is 5.88. The van der Waals surface area contributed by atoms with Crippen molar-refractivity contribution in [1.82, 2.24) is 9.88 Å². The van der Waals surface area contributed by atoms with Crippen molar-refractivity contribution >= 4 is 34.2 Å². The van der Waals surface area contributed by atoms with Gasteiger partial charge in [-0.05, 0) is 29.7 Å². The molecule has 1 saturated heterocycles. The van der Waals surface area contributed by atoms with Crippen molar-refractivity contribution in [3.05, 3.63) is 47.8 Å². The Kier molecular flexibility index (Phi) is 4.69. The number of thioether (sulfide) groups is 1. The van der Waals surface area contributed by atoms with E-state index in [1.165, 1.54) is 11.8 Å². The van der Waals surface area contributed by atoms with Crippen LogP contribution >= 0.6 is 24.0 Å². The molecule has 0 radical (unpaired) electrons. The number of aromatic nitrogens is 1. The fourth-order valence-corrected chi connectivity index (χ4v) is 4.48. The van der Waals surface area contributed by atoms with E-state index in [1.807, 2.05) is 18.2 Å². The van der Waals surface area contributed by atoms with Crippen molar-refractivity contribution in [3.8, 4) is 17.2 Å². The van der Waals surface area contributed by atoms with Gasteiger partial charge in [0.1, 0.15) is 10.1 Å². The maximum Gasteiger partial charge on any atom is 0.242 e. The molecule has 6 nitrogen and oxygen atoms in total. The van der Waals surface area contributed by atoms with Crippen LogP contribution in [-0.4, -0.2) is 39.3 Å². The van der Waals surface area contributed by atoms with Gasteiger partial charge in [-0.15, -0.1) is 0 Å². The molecule has 1 aromatic heterocycles. The van der Waals surface area contributed by atoms with E-state index >= 15 is 0 Å². The minimum absolute atomic E-state index is 0.00331. The number of carbonyl (C=O) groups is 1. The lowest BCUT2D eigenvalue weighted by atomic mass is 10.1. The number of nitrogens with zero attached hydrogens (tertiary/aromatic N) is 2. The van der Waals surface area contributed by atoms with Crippen molar-refractivity contribution in [1.29, 1.82) is 0 Å². The molecular formula is C18H16N2O4S2. The Morgan fingerprint density at radius 1 is 1.38 bits per heavy atom. The second kappa shape index (κ2) is 7.13. The molecule has 1 atom stereocenters. The molecule has 8 heteroatoms. The Labute approximate surface area is 160 Å². The zero-order valence-electron chi connectivity index (χ0n) is 14.0. The molecule has 1 amide bonds. The highest BCUT2D eigenvalue weighted by atomic mass is 32.2. The van der Waals surface area contributed by atoms with Crippen molar-refractivity contribution in [3.63, 3.8) is 0 Å². The Bertz CT molecular complexity index is 860. The zero-order chi connectivity index (χ0) is 18.1. The summed E-state index contributed by atoms with van der Waals surface area (Å²) < 4.78 is 16.9. The van der Waals surface area contributed by atoms with Gasteiger partial charge in [-0.25, -0.2) is 0 Å². The lowest BCUT2D eigenvalue weighted by Crippen LogP contribution is -2.31. The third kappa shape index (κ3) is 3.22. The smallest absolute Gasteiger partial charge is 0.242 e. The molecule has 2 aliphatic heterocycles. The molecule has 134 valence electrons. The van der Waals surface area contributed by atoms with E-state index < -0.39 is 0 Å². The van der Waals surface area contributed by atoms with Gasteiger partial charge in [-0.2, -0.15) is 0 Å². The number of benzene rings is 1. The minimum Gasteiger partial charge on any atom is -0.496 e. The van der Waals surface area contributed by atoms with Gasteiger partial charge in [0.05, 0.1) is 18.9 Å². The average Bonchev–Trinajstić information content (AvgIpc) is 3.21. The predicted molar refractivity (Wildman–Crippen MR) is 102 cm³/mol. The summed E-state index contributed by atoms with van der Waals surface area (Å²) in [5, 5.41) is -0.284. The number of carbonyl (C=O) groups excluding carboxylic acids is 1. The monoisotopic (exact) mass is 388 g/mol. The molecule has 0 unspecified atom stereocenters. The SMILES string of the molecule is COc1cc2c(cc1C[C@@H]1SC(=S)N(Cc3cccnc3)C1=O)OCO2. The van der Waals surface area contributed by atoms with Gasteiger partial charge >= 0.3 is 0 Å². The molecule has 1 aromatic carbocycles. The third-order valence-corrected chi connectivity index (χ3v) is 5.83. The summed E-state index contributed by atoms with van der Waals surface area (Å²) >= 11 is 6.83. The van der Waals surface area contributed by atoms with Gasteiger partial charge in [0.2, 0.25) is 12.7 Å². The van der Waals surface area contributed by atoms with Crippen LogP contribution in [0.5, 0.6) is 17.2 Å². The Morgan fingerprint density at radius 3 is 2.92 bits per heavy atom. The van der Waals surface area contributed by atoms with E-state index in [-0.39, 0.29) is 18.0 Å². The van der Waals surface area contributed by atoms with Gasteiger partial charge in [0.25, 0.3) is 0 Å². The molecule has 2 aliphatic rings. The molecule has 2 aromatic rings. The van der Waals surface area contributed by atoms with E-state index in [4.69, 9.17) is 26.4 Å². The maximum absolute atomic E-state index is 12.9. The minimum atomic E-state index is -0.284. The highest BCUT2D eigenvalue weighted by Gasteiger charge is 2.37. The molecule has 0 saturated carbocycles. The van der Waals surface area contributed by atoms with E-state index in [2.05, 4.69) is 4.98 Å². The number of pyridine rings is 1. The summed E-state index contributed by atoms with van der Waals surface area (Å²) in [4.78, 5) is 18.6. The molecular weight excluding hydrogens is 372 g/mol. The molecule has 4 rings (SSSR count). The van der Waals surface area contributed by atoms with Crippen LogP contribution in [0, 0.1) is 0 Å². The van der Waals surface area contributed by atoms with Crippen LogP contribution in [0.4, 0.5) is 0 Å². The van der Waals surface area contributed by atoms with Crippen LogP contribution in [0.3, 0.4) is 0 Å². The first-order valence-corrected chi connectivity index (χ1v) is 9.32. The molecule has 0 spiro atoms. The molecule has 0 N–H and O–H groups in total. The molecule has 1 fully saturated rings. The van der Waals surface area contributed by atoms with Crippen molar-refractivity contribution in [2.24, 2.45) is 0 Å². The molecule has 3 heterocycles. The maximum atomic E-state index is 12.9. The number of fused-ring (bicyclic) bond motifs is 1. The summed E-state index contributed by atoms with van der Waals surface area (Å²) in [7, 11) is 1.60. The predicted octanol–water partition coefficient (Wildman–Crippen LogP) is 2.79. The summed E-state index contributed by atoms with van der Waals surface area (Å²) in [5.74, 6) is 2.01. The standard InChI is InChI=1S/C18H16N2O4S2/c1-22-13-7-15-14(23-10-24-15)5-12(13)6-16-17(21)20(18(25)26-16)9-11-3-2-4-19-8-11/h2-5,7-8,16H,6,9-10H2,1H3/t16-/m0/s1. The van der Waals surface area contributed by atoms with Crippen molar-refractivity contribution < 1.29 is 19.0 Å². The quantitative estimate of drug-likeness (QED) is 0.730. The van der Waals surface area contributed by atoms with Crippen LogP contribution in [0.25, 0.3) is 0 Å². The van der Waals surface area contributed by atoms with Gasteiger partial charge in [-0.1, -0.05) is 30.0 Å². The van der Waals surface area contributed by atoms with Gasteiger partial charge < -0.3 is 14.2 Å². The Morgan fingerprint density at radius 2 is 2.19 bits per heavy atom.